The number of hydrogen-bond acceptors (Lipinski definition) is 6. The maximum Gasteiger partial charge on any atom is 0.252 e. The smallest absolute Gasteiger partial charge is 0.252 e. The molecule has 1 aromatic heterocycles. The fourth-order valence-electron chi connectivity index (χ4n) is 4.07. The second-order valence-corrected chi connectivity index (χ2v) is 10.4. The molecule has 8 nitrogen and oxygen atoms in total. The second-order valence-electron chi connectivity index (χ2n) is 8.61. The zero-order chi connectivity index (χ0) is 28.1. The van der Waals surface area contributed by atoms with Gasteiger partial charge in [-0.1, -0.05) is 71.4 Å². The third kappa shape index (κ3) is 6.22. The highest BCUT2D eigenvalue weighted by atomic mass is 35.5. The molecule has 0 atom stereocenters. The Morgan fingerprint density at radius 2 is 1.70 bits per heavy atom. The zero-order valence-electron chi connectivity index (χ0n) is 21.2. The number of fused-ring (bicyclic) bond motifs is 1. The Kier molecular flexibility index (Phi) is 8.54. The summed E-state index contributed by atoms with van der Waals surface area (Å²) in [6.45, 7) is 0.0912. The maximum absolute atomic E-state index is 13.1. The minimum absolute atomic E-state index is 0.0772. The number of nitrogens with zero attached hydrogens (tertiary/aromatic N) is 3. The molecule has 2 N–H and O–H groups in total. The van der Waals surface area contributed by atoms with E-state index in [1.54, 1.807) is 60.2 Å². The molecule has 0 unspecified atom stereocenters. The number of carbonyl (C=O) groups is 2. The zero-order valence-corrected chi connectivity index (χ0v) is 23.6. The van der Waals surface area contributed by atoms with Crippen molar-refractivity contribution in [2.75, 3.05) is 18.2 Å². The summed E-state index contributed by atoms with van der Waals surface area (Å²) in [5.41, 5.74) is 1.85. The van der Waals surface area contributed by atoms with Gasteiger partial charge in [0.2, 0.25) is 5.91 Å². The monoisotopic (exact) mass is 591 g/mol. The average Bonchev–Trinajstić information content (AvgIpc) is 3.39. The minimum atomic E-state index is -0.242. The summed E-state index contributed by atoms with van der Waals surface area (Å²) in [7, 11) is 1.58. The van der Waals surface area contributed by atoms with Crippen LogP contribution in [0.25, 0.3) is 16.5 Å². The third-order valence-corrected chi connectivity index (χ3v) is 7.68. The lowest BCUT2D eigenvalue weighted by atomic mass is 10.0. The van der Waals surface area contributed by atoms with Gasteiger partial charge in [0, 0.05) is 11.3 Å². The molecule has 5 rings (SSSR count). The molecule has 1 heterocycles. The normalized spacial score (nSPS) is 10.9. The first-order valence-electron chi connectivity index (χ1n) is 12.2. The summed E-state index contributed by atoms with van der Waals surface area (Å²) >= 11 is 13.6. The van der Waals surface area contributed by atoms with Crippen molar-refractivity contribution in [3.05, 3.63) is 106 Å². The molecule has 2 amide bonds. The Bertz CT molecular complexity index is 1690. The molecule has 0 aliphatic heterocycles. The lowest BCUT2D eigenvalue weighted by Gasteiger charge is -2.12. The van der Waals surface area contributed by atoms with Gasteiger partial charge in [0.1, 0.15) is 5.75 Å². The fourth-order valence-corrected chi connectivity index (χ4v) is 5.13. The maximum atomic E-state index is 13.1. The van der Waals surface area contributed by atoms with Crippen LogP contribution in [0.15, 0.2) is 90.1 Å². The van der Waals surface area contributed by atoms with E-state index in [0.717, 1.165) is 10.8 Å². The Morgan fingerprint density at radius 1 is 0.925 bits per heavy atom. The quantitative estimate of drug-likeness (QED) is 0.192. The van der Waals surface area contributed by atoms with E-state index in [1.807, 2.05) is 36.4 Å². The minimum Gasteiger partial charge on any atom is -0.497 e. The standard InChI is InChI=1S/C29H23Cl2N5O3S/c1-39-21-12-9-19(10-13-21)33-27(37)17-40-29-35-34-26(36(29)20-11-14-24(30)25(31)15-20)16-32-28(38)23-8-4-6-18-5-2-3-7-22(18)23/h2-15H,16-17H2,1H3,(H,32,38)(H,33,37). The second kappa shape index (κ2) is 12.4. The first-order chi connectivity index (χ1) is 19.4. The predicted molar refractivity (Wildman–Crippen MR) is 159 cm³/mol. The van der Waals surface area contributed by atoms with E-state index in [4.69, 9.17) is 27.9 Å². The molecule has 0 saturated heterocycles. The Balaban J connectivity index is 1.35. The van der Waals surface area contributed by atoms with E-state index in [-0.39, 0.29) is 24.1 Å². The lowest BCUT2D eigenvalue weighted by Crippen LogP contribution is -2.25. The van der Waals surface area contributed by atoms with Crippen LogP contribution >= 0.6 is 35.0 Å². The molecule has 0 saturated carbocycles. The van der Waals surface area contributed by atoms with Gasteiger partial charge in [0.05, 0.1) is 35.1 Å². The van der Waals surface area contributed by atoms with Gasteiger partial charge in [-0.3, -0.25) is 14.2 Å². The van der Waals surface area contributed by atoms with Crippen molar-refractivity contribution >= 4 is 63.2 Å². The highest BCUT2D eigenvalue weighted by Gasteiger charge is 2.18. The summed E-state index contributed by atoms with van der Waals surface area (Å²) in [6, 6.07) is 25.5. The van der Waals surface area contributed by atoms with Crippen LogP contribution in [-0.4, -0.2) is 39.4 Å². The number of halogens is 2. The van der Waals surface area contributed by atoms with Crippen molar-refractivity contribution in [1.29, 1.82) is 0 Å². The fraction of sp³-hybridized carbons (Fsp3) is 0.103. The van der Waals surface area contributed by atoms with Gasteiger partial charge >= 0.3 is 0 Å². The third-order valence-electron chi connectivity index (χ3n) is 6.01. The van der Waals surface area contributed by atoms with E-state index in [1.165, 1.54) is 11.8 Å². The molecule has 11 heteroatoms. The number of nitrogens with one attached hydrogen (secondary N) is 2. The van der Waals surface area contributed by atoms with E-state index in [0.29, 0.717) is 43.7 Å². The summed E-state index contributed by atoms with van der Waals surface area (Å²) < 4.78 is 6.90. The molecule has 40 heavy (non-hydrogen) atoms. The van der Waals surface area contributed by atoms with Crippen molar-refractivity contribution < 1.29 is 14.3 Å². The number of amides is 2. The van der Waals surface area contributed by atoms with E-state index < -0.39 is 0 Å². The number of ether oxygens (including phenoxy) is 1. The topological polar surface area (TPSA) is 98.1 Å². The van der Waals surface area contributed by atoms with E-state index >= 15 is 0 Å². The van der Waals surface area contributed by atoms with Crippen molar-refractivity contribution in [3.8, 4) is 11.4 Å². The Hall–Kier alpha value is -4.05. The van der Waals surface area contributed by atoms with Crippen molar-refractivity contribution in [1.82, 2.24) is 20.1 Å². The molecule has 0 bridgehead atoms. The summed E-state index contributed by atoms with van der Waals surface area (Å²) in [5, 5.41) is 17.4. The molecular weight excluding hydrogens is 569 g/mol. The van der Waals surface area contributed by atoms with Crippen LogP contribution in [0.5, 0.6) is 5.75 Å². The largest absolute Gasteiger partial charge is 0.497 e. The number of methoxy groups -OCH3 is 1. The number of benzene rings is 4. The molecule has 0 aliphatic carbocycles. The Morgan fingerprint density at radius 3 is 2.48 bits per heavy atom. The number of aromatic nitrogens is 3. The summed E-state index contributed by atoms with van der Waals surface area (Å²) in [4.78, 5) is 25.8. The first kappa shape index (κ1) is 27.5. The Labute approximate surface area is 244 Å². The van der Waals surface area contributed by atoms with Crippen LogP contribution < -0.4 is 15.4 Å². The van der Waals surface area contributed by atoms with E-state index in [9.17, 15) is 9.59 Å². The highest BCUT2D eigenvalue weighted by Crippen LogP contribution is 2.28. The van der Waals surface area contributed by atoms with Gasteiger partial charge < -0.3 is 15.4 Å². The van der Waals surface area contributed by atoms with Gasteiger partial charge in [-0.05, 0) is 59.3 Å². The number of hydrogen-bond donors (Lipinski definition) is 2. The lowest BCUT2D eigenvalue weighted by molar-refractivity contribution is -0.113. The number of rotatable bonds is 9. The van der Waals surface area contributed by atoms with Gasteiger partial charge in [-0.2, -0.15) is 0 Å². The van der Waals surface area contributed by atoms with Gasteiger partial charge in [0.15, 0.2) is 11.0 Å². The molecule has 0 fully saturated rings. The molecule has 5 aromatic rings. The van der Waals surface area contributed by atoms with Crippen LogP contribution in [-0.2, 0) is 11.3 Å². The molecule has 202 valence electrons. The van der Waals surface area contributed by atoms with Crippen molar-refractivity contribution in [3.63, 3.8) is 0 Å². The molecule has 0 aliphatic rings. The molecule has 4 aromatic carbocycles. The van der Waals surface area contributed by atoms with Gasteiger partial charge in [-0.25, -0.2) is 0 Å². The predicted octanol–water partition coefficient (Wildman–Crippen LogP) is 6.40. The first-order valence-corrected chi connectivity index (χ1v) is 13.9. The van der Waals surface area contributed by atoms with Crippen LogP contribution in [0.1, 0.15) is 16.2 Å². The highest BCUT2D eigenvalue weighted by molar-refractivity contribution is 7.99. The number of carbonyl (C=O) groups excluding carboxylic acids is 2. The van der Waals surface area contributed by atoms with Crippen molar-refractivity contribution in [2.45, 2.75) is 11.7 Å². The van der Waals surface area contributed by atoms with Crippen molar-refractivity contribution in [2.24, 2.45) is 0 Å². The number of thioether (sulfide) groups is 1. The summed E-state index contributed by atoms with van der Waals surface area (Å²) in [5.74, 6) is 0.777. The molecular formula is C29H23Cl2N5O3S. The van der Waals surface area contributed by atoms with Crippen LogP contribution in [0, 0.1) is 0 Å². The number of anilines is 1. The molecule has 0 spiro atoms. The summed E-state index contributed by atoms with van der Waals surface area (Å²) in [6.07, 6.45) is 0. The SMILES string of the molecule is COc1ccc(NC(=O)CSc2nnc(CNC(=O)c3cccc4ccccc34)n2-c2ccc(Cl)c(Cl)c2)cc1. The van der Waals surface area contributed by atoms with Crippen LogP contribution in [0.2, 0.25) is 10.0 Å². The average molecular weight is 593 g/mol. The van der Waals surface area contributed by atoms with Crippen LogP contribution in [0.4, 0.5) is 5.69 Å². The van der Waals surface area contributed by atoms with E-state index in [2.05, 4.69) is 20.8 Å². The van der Waals surface area contributed by atoms with Crippen LogP contribution in [0.3, 0.4) is 0 Å². The van der Waals surface area contributed by atoms with Gasteiger partial charge in [0.25, 0.3) is 5.91 Å². The molecule has 0 radical (unpaired) electrons. The van der Waals surface area contributed by atoms with Gasteiger partial charge in [-0.15, -0.1) is 10.2 Å².